The molecule has 0 aliphatic carbocycles. The van der Waals surface area contributed by atoms with Crippen molar-refractivity contribution in [2.45, 2.75) is 0 Å². The summed E-state index contributed by atoms with van der Waals surface area (Å²) in [6.07, 6.45) is 3.34. The highest BCUT2D eigenvalue weighted by Crippen LogP contribution is 2.30. The maximum Gasteiger partial charge on any atom is 0.321 e. The van der Waals surface area contributed by atoms with Gasteiger partial charge in [0.2, 0.25) is 0 Å². The Kier molecular flexibility index (Phi) is 4.48. The molecule has 0 unspecified atom stereocenters. The Morgan fingerprint density at radius 3 is 2.05 bits per heavy atom. The van der Waals surface area contributed by atoms with Gasteiger partial charge in [-0.05, 0) is 29.8 Å². The average molecular weight is 352 g/mol. The van der Waals surface area contributed by atoms with E-state index in [4.69, 9.17) is 39.5 Å². The standard InChI is InChI=1S/C16H9Cl3N2O/c17-12-3-1-10(2-4-12)11-8-20-16(21-9-11)22-15-7-13(18)5-6-14(15)19/h1-9H. The second-order valence-electron chi connectivity index (χ2n) is 4.44. The van der Waals surface area contributed by atoms with Crippen LogP contribution in [0.3, 0.4) is 0 Å². The molecular formula is C16H9Cl3N2O. The third kappa shape index (κ3) is 3.50. The van der Waals surface area contributed by atoms with Crippen molar-refractivity contribution in [3.05, 3.63) is 69.9 Å². The van der Waals surface area contributed by atoms with E-state index in [9.17, 15) is 0 Å². The van der Waals surface area contributed by atoms with Crippen LogP contribution in [-0.2, 0) is 0 Å². The Labute approximate surface area is 142 Å². The monoisotopic (exact) mass is 350 g/mol. The zero-order chi connectivity index (χ0) is 15.5. The van der Waals surface area contributed by atoms with Crippen molar-refractivity contribution in [1.82, 2.24) is 9.97 Å². The van der Waals surface area contributed by atoms with Gasteiger partial charge in [0, 0.05) is 34.1 Å². The molecule has 0 fully saturated rings. The van der Waals surface area contributed by atoms with Crippen LogP contribution in [-0.4, -0.2) is 9.97 Å². The van der Waals surface area contributed by atoms with Crippen molar-refractivity contribution in [3.8, 4) is 22.9 Å². The Balaban J connectivity index is 1.82. The van der Waals surface area contributed by atoms with Crippen LogP contribution in [0.5, 0.6) is 11.8 Å². The molecule has 0 radical (unpaired) electrons. The van der Waals surface area contributed by atoms with Crippen molar-refractivity contribution in [3.63, 3.8) is 0 Å². The Morgan fingerprint density at radius 2 is 1.36 bits per heavy atom. The van der Waals surface area contributed by atoms with E-state index in [1.54, 1.807) is 30.6 Å². The minimum Gasteiger partial charge on any atom is -0.423 e. The van der Waals surface area contributed by atoms with Crippen LogP contribution in [0.15, 0.2) is 54.9 Å². The molecule has 22 heavy (non-hydrogen) atoms. The molecule has 0 spiro atoms. The van der Waals surface area contributed by atoms with Crippen LogP contribution in [0.4, 0.5) is 0 Å². The predicted molar refractivity (Wildman–Crippen MR) is 89.0 cm³/mol. The fourth-order valence-corrected chi connectivity index (χ4v) is 2.26. The molecule has 110 valence electrons. The van der Waals surface area contributed by atoms with Gasteiger partial charge in [0.25, 0.3) is 0 Å². The first-order valence-corrected chi connectivity index (χ1v) is 7.46. The van der Waals surface area contributed by atoms with Gasteiger partial charge in [-0.1, -0.05) is 46.9 Å². The number of hydrogen-bond donors (Lipinski definition) is 0. The molecule has 0 saturated heterocycles. The molecule has 6 heteroatoms. The molecule has 3 aromatic rings. The lowest BCUT2D eigenvalue weighted by Crippen LogP contribution is -1.92. The number of hydrogen-bond acceptors (Lipinski definition) is 3. The zero-order valence-corrected chi connectivity index (χ0v) is 13.4. The van der Waals surface area contributed by atoms with E-state index in [-0.39, 0.29) is 6.01 Å². The van der Waals surface area contributed by atoms with Gasteiger partial charge in [-0.3, -0.25) is 0 Å². The zero-order valence-electron chi connectivity index (χ0n) is 11.1. The normalized spacial score (nSPS) is 10.5. The molecule has 0 amide bonds. The summed E-state index contributed by atoms with van der Waals surface area (Å²) < 4.78 is 5.54. The lowest BCUT2D eigenvalue weighted by atomic mass is 10.1. The molecular weight excluding hydrogens is 343 g/mol. The number of aromatic nitrogens is 2. The van der Waals surface area contributed by atoms with Crippen LogP contribution in [0.1, 0.15) is 0 Å². The van der Waals surface area contributed by atoms with E-state index >= 15 is 0 Å². The van der Waals surface area contributed by atoms with Crippen LogP contribution in [0, 0.1) is 0 Å². The van der Waals surface area contributed by atoms with Gasteiger partial charge in [-0.15, -0.1) is 0 Å². The summed E-state index contributed by atoms with van der Waals surface area (Å²) in [5, 5.41) is 1.65. The number of rotatable bonds is 3. The van der Waals surface area contributed by atoms with Crippen LogP contribution in [0.2, 0.25) is 15.1 Å². The van der Waals surface area contributed by atoms with Gasteiger partial charge >= 0.3 is 6.01 Å². The number of halogens is 3. The molecule has 0 atom stereocenters. The van der Waals surface area contributed by atoms with E-state index in [1.165, 1.54) is 0 Å². The summed E-state index contributed by atoms with van der Waals surface area (Å²) in [4.78, 5) is 8.35. The summed E-state index contributed by atoms with van der Waals surface area (Å²) in [6, 6.07) is 12.6. The molecule has 1 aromatic heterocycles. The highest BCUT2D eigenvalue weighted by atomic mass is 35.5. The van der Waals surface area contributed by atoms with Crippen molar-refractivity contribution >= 4 is 34.8 Å². The summed E-state index contributed by atoms with van der Waals surface area (Å²) in [7, 11) is 0. The van der Waals surface area contributed by atoms with Crippen molar-refractivity contribution in [2.75, 3.05) is 0 Å². The van der Waals surface area contributed by atoms with Gasteiger partial charge < -0.3 is 4.74 Å². The summed E-state index contributed by atoms with van der Waals surface area (Å²) in [5.41, 5.74) is 1.83. The maximum absolute atomic E-state index is 6.04. The SMILES string of the molecule is Clc1ccc(-c2cnc(Oc3cc(Cl)ccc3Cl)nc2)cc1. The van der Waals surface area contributed by atoms with Crippen molar-refractivity contribution < 1.29 is 4.74 Å². The maximum atomic E-state index is 6.04. The van der Waals surface area contributed by atoms with Crippen molar-refractivity contribution in [1.29, 1.82) is 0 Å². The number of nitrogens with zero attached hydrogens (tertiary/aromatic N) is 2. The van der Waals surface area contributed by atoms with E-state index in [0.717, 1.165) is 11.1 Å². The fraction of sp³-hybridized carbons (Fsp3) is 0. The third-order valence-electron chi connectivity index (χ3n) is 2.90. The quantitative estimate of drug-likeness (QED) is 0.589. The largest absolute Gasteiger partial charge is 0.423 e. The number of benzene rings is 2. The van der Waals surface area contributed by atoms with Gasteiger partial charge in [-0.2, -0.15) is 0 Å². The molecule has 0 aliphatic rings. The minimum atomic E-state index is 0.196. The highest BCUT2D eigenvalue weighted by Gasteiger charge is 2.07. The third-order valence-corrected chi connectivity index (χ3v) is 3.70. The summed E-state index contributed by atoms with van der Waals surface area (Å²) in [6.45, 7) is 0. The first-order valence-electron chi connectivity index (χ1n) is 6.33. The Bertz CT molecular complexity index is 789. The van der Waals surface area contributed by atoms with E-state index < -0.39 is 0 Å². The summed E-state index contributed by atoms with van der Waals surface area (Å²) in [5.74, 6) is 0.411. The smallest absolute Gasteiger partial charge is 0.321 e. The topological polar surface area (TPSA) is 35.0 Å². The molecule has 2 aromatic carbocycles. The van der Waals surface area contributed by atoms with Gasteiger partial charge in [0.05, 0.1) is 5.02 Å². The highest BCUT2D eigenvalue weighted by molar-refractivity contribution is 6.34. The first-order chi connectivity index (χ1) is 10.6. The predicted octanol–water partition coefficient (Wildman–Crippen LogP) is 5.90. The first kappa shape index (κ1) is 15.1. The van der Waals surface area contributed by atoms with Gasteiger partial charge in [0.1, 0.15) is 0 Å². The van der Waals surface area contributed by atoms with E-state index in [0.29, 0.717) is 20.8 Å². The van der Waals surface area contributed by atoms with Gasteiger partial charge in [-0.25, -0.2) is 9.97 Å². The lowest BCUT2D eigenvalue weighted by Gasteiger charge is -2.07. The second-order valence-corrected chi connectivity index (χ2v) is 5.72. The Hall–Kier alpha value is -1.81. The lowest BCUT2D eigenvalue weighted by molar-refractivity contribution is 0.442. The fourth-order valence-electron chi connectivity index (χ4n) is 1.81. The van der Waals surface area contributed by atoms with Gasteiger partial charge in [0.15, 0.2) is 5.75 Å². The molecule has 0 bridgehead atoms. The molecule has 0 N–H and O–H groups in total. The molecule has 1 heterocycles. The van der Waals surface area contributed by atoms with Crippen molar-refractivity contribution in [2.24, 2.45) is 0 Å². The van der Waals surface area contributed by atoms with Crippen LogP contribution in [0.25, 0.3) is 11.1 Å². The molecule has 0 saturated carbocycles. The van der Waals surface area contributed by atoms with E-state index in [1.807, 2.05) is 24.3 Å². The molecule has 0 aliphatic heterocycles. The average Bonchev–Trinajstić information content (AvgIpc) is 2.53. The summed E-state index contributed by atoms with van der Waals surface area (Å²) >= 11 is 17.8. The van der Waals surface area contributed by atoms with E-state index in [2.05, 4.69) is 9.97 Å². The Morgan fingerprint density at radius 1 is 0.727 bits per heavy atom. The van der Waals surface area contributed by atoms with Crippen LogP contribution >= 0.6 is 34.8 Å². The molecule has 3 rings (SSSR count). The minimum absolute atomic E-state index is 0.196. The van der Waals surface area contributed by atoms with Crippen LogP contribution < -0.4 is 4.74 Å². The number of ether oxygens (including phenoxy) is 1. The second kappa shape index (κ2) is 6.53. The molecule has 3 nitrogen and oxygen atoms in total.